The highest BCUT2D eigenvalue weighted by molar-refractivity contribution is 5.17. The number of rotatable bonds is 4. The monoisotopic (exact) mass is 227 g/mol. The van der Waals surface area contributed by atoms with Gasteiger partial charge < -0.3 is 10.1 Å². The molecule has 1 aliphatic rings. The third kappa shape index (κ3) is 3.00. The molecule has 0 aliphatic carbocycles. The summed E-state index contributed by atoms with van der Waals surface area (Å²) in [4.78, 5) is 0. The van der Waals surface area contributed by atoms with Crippen LogP contribution in [0.2, 0.25) is 0 Å². The number of ether oxygens (including phenoxy) is 1. The lowest BCUT2D eigenvalue weighted by Gasteiger charge is -2.09. The Labute approximate surface area is 93.6 Å². The van der Waals surface area contributed by atoms with Gasteiger partial charge in [-0.2, -0.15) is 0 Å². The first-order valence-corrected chi connectivity index (χ1v) is 5.48. The van der Waals surface area contributed by atoms with Crippen LogP contribution in [0.25, 0.3) is 0 Å². The second-order valence-corrected chi connectivity index (χ2v) is 4.11. The first kappa shape index (κ1) is 11.5. The number of hydrogen-bond donors (Lipinski definition) is 1. The van der Waals surface area contributed by atoms with Crippen LogP contribution in [0.5, 0.6) is 0 Å². The van der Waals surface area contributed by atoms with Crippen LogP contribution >= 0.6 is 0 Å². The van der Waals surface area contributed by atoms with Crippen LogP contribution < -0.4 is 5.32 Å². The predicted octanol–water partition coefficient (Wildman–Crippen LogP) is 2.09. The van der Waals surface area contributed by atoms with Gasteiger partial charge in [-0.05, 0) is 30.0 Å². The van der Waals surface area contributed by atoms with Crippen LogP contribution in [-0.2, 0) is 11.3 Å². The minimum absolute atomic E-state index is 0.547. The first-order valence-electron chi connectivity index (χ1n) is 5.48. The predicted molar refractivity (Wildman–Crippen MR) is 57.0 cm³/mol. The summed E-state index contributed by atoms with van der Waals surface area (Å²) in [6.45, 7) is 3.05. The lowest BCUT2D eigenvalue weighted by molar-refractivity contribution is 0.185. The van der Waals surface area contributed by atoms with E-state index in [1.54, 1.807) is 6.07 Å². The van der Waals surface area contributed by atoms with Crippen LogP contribution in [0.15, 0.2) is 18.2 Å². The summed E-state index contributed by atoms with van der Waals surface area (Å²) in [5.41, 5.74) is 0.762. The summed E-state index contributed by atoms with van der Waals surface area (Å²) in [7, 11) is 0. The molecule has 2 nitrogen and oxygen atoms in total. The van der Waals surface area contributed by atoms with Crippen molar-refractivity contribution in [2.45, 2.75) is 13.0 Å². The van der Waals surface area contributed by atoms with Crippen molar-refractivity contribution < 1.29 is 13.5 Å². The summed E-state index contributed by atoms with van der Waals surface area (Å²) in [5.74, 6) is -1.04. The van der Waals surface area contributed by atoms with Crippen molar-refractivity contribution in [3.63, 3.8) is 0 Å². The van der Waals surface area contributed by atoms with E-state index in [9.17, 15) is 8.78 Å². The van der Waals surface area contributed by atoms with Gasteiger partial charge in [-0.1, -0.05) is 6.07 Å². The molecule has 0 spiro atoms. The van der Waals surface area contributed by atoms with Crippen LogP contribution in [0, 0.1) is 17.6 Å². The molecule has 0 saturated carbocycles. The molecule has 0 amide bonds. The molecule has 0 bridgehead atoms. The van der Waals surface area contributed by atoms with Crippen molar-refractivity contribution in [1.29, 1.82) is 0 Å². The average Bonchev–Trinajstić information content (AvgIpc) is 2.76. The van der Waals surface area contributed by atoms with Gasteiger partial charge in [-0.25, -0.2) is 8.78 Å². The summed E-state index contributed by atoms with van der Waals surface area (Å²) in [6.07, 6.45) is 1.07. The van der Waals surface area contributed by atoms with Crippen LogP contribution in [0.4, 0.5) is 8.78 Å². The Hall–Kier alpha value is -1.00. The Morgan fingerprint density at radius 1 is 1.31 bits per heavy atom. The van der Waals surface area contributed by atoms with Gasteiger partial charge >= 0.3 is 0 Å². The SMILES string of the molecule is Fc1ccc(CNCC2CCOC2)cc1F. The van der Waals surface area contributed by atoms with Crippen LogP contribution in [0.1, 0.15) is 12.0 Å². The molecule has 1 N–H and O–H groups in total. The van der Waals surface area contributed by atoms with E-state index in [4.69, 9.17) is 4.74 Å². The van der Waals surface area contributed by atoms with Gasteiger partial charge in [-0.3, -0.25) is 0 Å². The lowest BCUT2D eigenvalue weighted by Crippen LogP contribution is -2.22. The molecule has 1 fully saturated rings. The topological polar surface area (TPSA) is 21.3 Å². The van der Waals surface area contributed by atoms with E-state index < -0.39 is 11.6 Å². The van der Waals surface area contributed by atoms with Gasteiger partial charge in [0.05, 0.1) is 6.61 Å². The van der Waals surface area contributed by atoms with Gasteiger partial charge in [0.2, 0.25) is 0 Å². The highest BCUT2D eigenvalue weighted by Gasteiger charge is 2.14. The largest absolute Gasteiger partial charge is 0.381 e. The molecule has 2 rings (SSSR count). The van der Waals surface area contributed by atoms with Gasteiger partial charge in [0.25, 0.3) is 0 Å². The van der Waals surface area contributed by atoms with Crippen molar-refractivity contribution in [3.05, 3.63) is 35.4 Å². The molecule has 1 saturated heterocycles. The Bertz CT molecular complexity index is 351. The van der Waals surface area contributed by atoms with E-state index in [0.29, 0.717) is 12.5 Å². The van der Waals surface area contributed by atoms with Crippen molar-refractivity contribution in [2.24, 2.45) is 5.92 Å². The van der Waals surface area contributed by atoms with Crippen molar-refractivity contribution >= 4 is 0 Å². The maximum atomic E-state index is 12.9. The third-order valence-corrected chi connectivity index (χ3v) is 2.77. The van der Waals surface area contributed by atoms with E-state index in [1.165, 1.54) is 6.07 Å². The zero-order valence-corrected chi connectivity index (χ0v) is 9.01. The molecular formula is C12H15F2NO. The molecular weight excluding hydrogens is 212 g/mol. The summed E-state index contributed by atoms with van der Waals surface area (Å²) < 4.78 is 30.8. The minimum atomic E-state index is -0.798. The zero-order chi connectivity index (χ0) is 11.4. The molecule has 88 valence electrons. The van der Waals surface area contributed by atoms with Crippen LogP contribution in [-0.4, -0.2) is 19.8 Å². The summed E-state index contributed by atoms with van der Waals surface area (Å²) in [6, 6.07) is 3.98. The quantitative estimate of drug-likeness (QED) is 0.850. The van der Waals surface area contributed by atoms with Crippen molar-refractivity contribution in [3.8, 4) is 0 Å². The van der Waals surface area contributed by atoms with Gasteiger partial charge in [-0.15, -0.1) is 0 Å². The average molecular weight is 227 g/mol. The van der Waals surface area contributed by atoms with Gasteiger partial charge in [0, 0.05) is 19.7 Å². The Morgan fingerprint density at radius 2 is 2.19 bits per heavy atom. The normalized spacial score (nSPS) is 20.2. The second kappa shape index (κ2) is 5.37. The maximum Gasteiger partial charge on any atom is 0.159 e. The maximum absolute atomic E-state index is 12.9. The van der Waals surface area contributed by atoms with Crippen LogP contribution in [0.3, 0.4) is 0 Å². The lowest BCUT2D eigenvalue weighted by atomic mass is 10.1. The molecule has 1 aromatic rings. The number of halogens is 2. The van der Waals surface area contributed by atoms with E-state index in [1.807, 2.05) is 0 Å². The van der Waals surface area contributed by atoms with E-state index in [0.717, 1.165) is 37.8 Å². The molecule has 0 aromatic heterocycles. The Kier molecular flexibility index (Phi) is 3.85. The molecule has 16 heavy (non-hydrogen) atoms. The van der Waals surface area contributed by atoms with Gasteiger partial charge in [0.15, 0.2) is 11.6 Å². The van der Waals surface area contributed by atoms with E-state index in [-0.39, 0.29) is 0 Å². The summed E-state index contributed by atoms with van der Waals surface area (Å²) >= 11 is 0. The Morgan fingerprint density at radius 3 is 2.88 bits per heavy atom. The fourth-order valence-electron chi connectivity index (χ4n) is 1.81. The van der Waals surface area contributed by atoms with Crippen molar-refractivity contribution in [2.75, 3.05) is 19.8 Å². The van der Waals surface area contributed by atoms with E-state index >= 15 is 0 Å². The second-order valence-electron chi connectivity index (χ2n) is 4.11. The number of hydrogen-bond acceptors (Lipinski definition) is 2. The number of nitrogens with one attached hydrogen (secondary N) is 1. The minimum Gasteiger partial charge on any atom is -0.381 e. The molecule has 1 atom stereocenters. The highest BCUT2D eigenvalue weighted by Crippen LogP contribution is 2.12. The van der Waals surface area contributed by atoms with Crippen molar-refractivity contribution in [1.82, 2.24) is 5.32 Å². The third-order valence-electron chi connectivity index (χ3n) is 2.77. The molecule has 1 aromatic carbocycles. The number of benzene rings is 1. The molecule has 0 radical (unpaired) electrons. The van der Waals surface area contributed by atoms with Gasteiger partial charge in [0.1, 0.15) is 0 Å². The smallest absolute Gasteiger partial charge is 0.159 e. The zero-order valence-electron chi connectivity index (χ0n) is 9.01. The highest BCUT2D eigenvalue weighted by atomic mass is 19.2. The van der Waals surface area contributed by atoms with E-state index in [2.05, 4.69) is 5.32 Å². The Balaban J connectivity index is 1.78. The molecule has 1 unspecified atom stereocenters. The standard InChI is InChI=1S/C12H15F2NO/c13-11-2-1-9(5-12(11)14)6-15-7-10-3-4-16-8-10/h1-2,5,10,15H,3-4,6-8H2. The fraction of sp³-hybridized carbons (Fsp3) is 0.500. The first-order chi connectivity index (χ1) is 7.75. The molecule has 1 aliphatic heterocycles. The summed E-state index contributed by atoms with van der Waals surface area (Å²) in [5, 5.41) is 3.22. The fourth-order valence-corrected chi connectivity index (χ4v) is 1.81. The molecule has 4 heteroatoms. The molecule has 1 heterocycles.